The number of benzene rings is 1. The minimum atomic E-state index is -5.40. The van der Waals surface area contributed by atoms with E-state index in [1.807, 2.05) is 0 Å². The van der Waals surface area contributed by atoms with Crippen LogP contribution in [0.5, 0.6) is 0 Å². The van der Waals surface area contributed by atoms with Crippen molar-refractivity contribution < 1.29 is 39.6 Å². The van der Waals surface area contributed by atoms with Crippen LogP contribution in [0.1, 0.15) is 5.56 Å². The monoisotopic (exact) mass is 336 g/mol. The lowest BCUT2D eigenvalue weighted by Crippen LogP contribution is -2.31. The molecule has 0 saturated carbocycles. The molecule has 0 aliphatic rings. The first kappa shape index (κ1) is 17.2. The second-order valence-corrected chi connectivity index (χ2v) is 5.26. The molecule has 1 rings (SSSR count). The van der Waals surface area contributed by atoms with Crippen LogP contribution in [0.25, 0.3) is 0 Å². The zero-order valence-electron chi connectivity index (χ0n) is 9.71. The lowest BCUT2D eigenvalue weighted by atomic mass is 10.1. The molecule has 0 heterocycles. The van der Waals surface area contributed by atoms with E-state index in [4.69, 9.17) is 0 Å². The van der Waals surface area contributed by atoms with E-state index < -0.39 is 44.4 Å². The molecule has 3 N–H and O–H groups in total. The highest BCUT2D eigenvalue weighted by atomic mass is 32.2. The Morgan fingerprint density at radius 3 is 2.00 bits per heavy atom. The second kappa shape index (κ2) is 5.18. The number of amides is 1. The number of hydrogen-bond acceptors (Lipinski definition) is 3. The van der Waals surface area contributed by atoms with Gasteiger partial charge >= 0.3 is 18.3 Å². The number of primary sulfonamides is 1. The van der Waals surface area contributed by atoms with Gasteiger partial charge in [-0.1, -0.05) is 0 Å². The summed E-state index contributed by atoms with van der Waals surface area (Å²) in [5.41, 5.74) is -3.01. The highest BCUT2D eigenvalue weighted by Gasteiger charge is 2.41. The van der Waals surface area contributed by atoms with Gasteiger partial charge in [0.25, 0.3) is 0 Å². The second-order valence-electron chi connectivity index (χ2n) is 3.70. The summed E-state index contributed by atoms with van der Waals surface area (Å²) < 4.78 is 96.0. The fourth-order valence-electron chi connectivity index (χ4n) is 1.24. The van der Waals surface area contributed by atoms with Crippen molar-refractivity contribution in [2.24, 2.45) is 5.14 Å². The van der Waals surface area contributed by atoms with Crippen molar-refractivity contribution in [2.45, 2.75) is 17.2 Å². The van der Waals surface area contributed by atoms with Gasteiger partial charge < -0.3 is 5.32 Å². The maximum Gasteiger partial charge on any atom is 0.471 e. The van der Waals surface area contributed by atoms with Gasteiger partial charge in [0.2, 0.25) is 10.0 Å². The van der Waals surface area contributed by atoms with E-state index >= 15 is 0 Å². The fourth-order valence-corrected chi connectivity index (χ4v) is 1.78. The van der Waals surface area contributed by atoms with Crippen LogP contribution in [0.15, 0.2) is 23.1 Å². The molecule has 0 aromatic heterocycles. The van der Waals surface area contributed by atoms with E-state index in [0.29, 0.717) is 12.1 Å². The van der Waals surface area contributed by atoms with Gasteiger partial charge in [-0.3, -0.25) is 4.79 Å². The van der Waals surface area contributed by atoms with E-state index in [-0.39, 0.29) is 6.07 Å². The third kappa shape index (κ3) is 4.32. The van der Waals surface area contributed by atoms with Gasteiger partial charge in [0.15, 0.2) is 0 Å². The summed E-state index contributed by atoms with van der Waals surface area (Å²) in [6.45, 7) is 0. The fraction of sp³-hybridized carbons (Fsp3) is 0.222. The third-order valence-corrected chi connectivity index (χ3v) is 3.04. The molecule has 0 saturated heterocycles. The van der Waals surface area contributed by atoms with Gasteiger partial charge in [-0.05, 0) is 18.2 Å². The Bertz CT molecular complexity index is 665. The third-order valence-electron chi connectivity index (χ3n) is 2.13. The number of nitrogens with one attached hydrogen (secondary N) is 1. The van der Waals surface area contributed by atoms with E-state index in [1.165, 1.54) is 0 Å². The number of hydrogen-bond donors (Lipinski definition) is 2. The lowest BCUT2D eigenvalue weighted by molar-refractivity contribution is -0.167. The molecule has 0 unspecified atom stereocenters. The maximum absolute atomic E-state index is 12.7. The Morgan fingerprint density at radius 2 is 1.62 bits per heavy atom. The van der Waals surface area contributed by atoms with Crippen LogP contribution in [-0.2, 0) is 21.0 Å². The van der Waals surface area contributed by atoms with Crippen LogP contribution in [0, 0.1) is 0 Å². The quantitative estimate of drug-likeness (QED) is 0.808. The number of halogens is 6. The van der Waals surface area contributed by atoms with Crippen LogP contribution in [-0.4, -0.2) is 20.5 Å². The zero-order chi connectivity index (χ0) is 16.6. The van der Waals surface area contributed by atoms with Crippen molar-refractivity contribution in [3.63, 3.8) is 0 Å². The van der Waals surface area contributed by atoms with Crippen LogP contribution < -0.4 is 10.5 Å². The molecule has 1 aromatic rings. The standard InChI is InChI=1S/C9H6F6N2O3S/c10-8(11,12)5-3-4(21(16,19)20)1-2-6(5)17-7(18)9(13,14)15/h1-3H,(H,17,18)(H2,16,19,20). The number of alkyl halides is 6. The average Bonchev–Trinajstić information content (AvgIpc) is 2.25. The van der Waals surface area contributed by atoms with E-state index in [9.17, 15) is 39.6 Å². The highest BCUT2D eigenvalue weighted by Crippen LogP contribution is 2.36. The van der Waals surface area contributed by atoms with Gasteiger partial charge in [0.1, 0.15) is 0 Å². The van der Waals surface area contributed by atoms with Crippen molar-refractivity contribution in [1.82, 2.24) is 0 Å². The molecule has 5 nitrogen and oxygen atoms in total. The first-order chi connectivity index (χ1) is 9.23. The Balaban J connectivity index is 3.37. The number of nitrogens with two attached hydrogens (primary N) is 1. The molecular weight excluding hydrogens is 330 g/mol. The molecule has 118 valence electrons. The Morgan fingerprint density at radius 1 is 1.10 bits per heavy atom. The van der Waals surface area contributed by atoms with Gasteiger partial charge in [-0.25, -0.2) is 13.6 Å². The Hall–Kier alpha value is -1.82. The zero-order valence-corrected chi connectivity index (χ0v) is 10.5. The normalized spacial score (nSPS) is 13.1. The van der Waals surface area contributed by atoms with Crippen molar-refractivity contribution >= 4 is 21.6 Å². The molecular formula is C9H6F6N2O3S. The van der Waals surface area contributed by atoms with Gasteiger partial charge in [0, 0.05) is 0 Å². The van der Waals surface area contributed by atoms with Crippen molar-refractivity contribution in [2.75, 3.05) is 5.32 Å². The van der Waals surface area contributed by atoms with Crippen LogP contribution in [0.2, 0.25) is 0 Å². The van der Waals surface area contributed by atoms with Gasteiger partial charge in [-0.2, -0.15) is 26.3 Å². The largest absolute Gasteiger partial charge is 0.471 e. The molecule has 0 aliphatic heterocycles. The highest BCUT2D eigenvalue weighted by molar-refractivity contribution is 7.89. The molecule has 12 heteroatoms. The average molecular weight is 336 g/mol. The number of rotatable bonds is 2. The smallest absolute Gasteiger partial charge is 0.318 e. The summed E-state index contributed by atoms with van der Waals surface area (Å²) in [6, 6.07) is 0.935. The van der Waals surface area contributed by atoms with Crippen molar-refractivity contribution in [3.8, 4) is 0 Å². The molecule has 0 fully saturated rings. The summed E-state index contributed by atoms with van der Waals surface area (Å²) in [6.07, 6.45) is -10.6. The van der Waals surface area contributed by atoms with Gasteiger partial charge in [-0.15, -0.1) is 0 Å². The maximum atomic E-state index is 12.7. The first-order valence-electron chi connectivity index (χ1n) is 4.85. The molecule has 21 heavy (non-hydrogen) atoms. The molecule has 0 bridgehead atoms. The van der Waals surface area contributed by atoms with Crippen LogP contribution in [0.4, 0.5) is 32.0 Å². The molecule has 1 aromatic carbocycles. The first-order valence-corrected chi connectivity index (χ1v) is 6.40. The Labute approximate surface area is 113 Å². The van der Waals surface area contributed by atoms with E-state index in [2.05, 4.69) is 5.14 Å². The van der Waals surface area contributed by atoms with Gasteiger partial charge in [0.05, 0.1) is 16.1 Å². The molecule has 0 radical (unpaired) electrons. The van der Waals surface area contributed by atoms with E-state index in [0.717, 1.165) is 5.32 Å². The SMILES string of the molecule is NS(=O)(=O)c1ccc(NC(=O)C(F)(F)F)c(C(F)(F)F)c1. The summed E-state index contributed by atoms with van der Waals surface area (Å²) in [5.74, 6) is -2.63. The summed E-state index contributed by atoms with van der Waals surface area (Å²) in [4.78, 5) is 9.69. The summed E-state index contributed by atoms with van der Waals surface area (Å²) in [5, 5.41) is 5.64. The number of sulfonamides is 1. The molecule has 0 spiro atoms. The number of carbonyl (C=O) groups excluding carboxylic acids is 1. The van der Waals surface area contributed by atoms with Crippen molar-refractivity contribution in [1.29, 1.82) is 0 Å². The topological polar surface area (TPSA) is 89.3 Å². The minimum Gasteiger partial charge on any atom is -0.318 e. The Kier molecular flexibility index (Phi) is 4.25. The van der Waals surface area contributed by atoms with Crippen LogP contribution >= 0.6 is 0 Å². The molecule has 0 aliphatic carbocycles. The summed E-state index contributed by atoms with van der Waals surface area (Å²) in [7, 11) is -4.49. The summed E-state index contributed by atoms with van der Waals surface area (Å²) >= 11 is 0. The van der Waals surface area contributed by atoms with Crippen LogP contribution in [0.3, 0.4) is 0 Å². The predicted molar refractivity (Wildman–Crippen MR) is 57.5 cm³/mol. The lowest BCUT2D eigenvalue weighted by Gasteiger charge is -2.15. The predicted octanol–water partition coefficient (Wildman–Crippen LogP) is 1.85. The molecule has 0 atom stereocenters. The number of anilines is 1. The minimum absolute atomic E-state index is 0.0291. The van der Waals surface area contributed by atoms with Crippen molar-refractivity contribution in [3.05, 3.63) is 23.8 Å². The number of carbonyl (C=O) groups is 1. The molecule has 1 amide bonds. The van der Waals surface area contributed by atoms with E-state index in [1.54, 1.807) is 0 Å².